The van der Waals surface area contributed by atoms with Crippen LogP contribution in [0.1, 0.15) is 22.3 Å². The molecule has 2 aromatic rings. The lowest BCUT2D eigenvalue weighted by atomic mass is 10.0. The largest absolute Gasteiger partial charge is 0.351 e. The number of amides is 1. The Balaban J connectivity index is 1.78. The van der Waals surface area contributed by atoms with Gasteiger partial charge in [-0.1, -0.05) is 18.2 Å². The van der Waals surface area contributed by atoms with Crippen molar-refractivity contribution >= 4 is 21.6 Å². The van der Waals surface area contributed by atoms with Crippen LogP contribution in [0.5, 0.6) is 0 Å². The molecular weight excluding hydrogens is 362 g/mol. The summed E-state index contributed by atoms with van der Waals surface area (Å²) in [5, 5.41) is 2.82. The SMILES string of the molecule is CN(C)CCNC(=O)c1ccc(S(=O)(=O)N2CCCc3ccccc32)cc1. The summed E-state index contributed by atoms with van der Waals surface area (Å²) in [4.78, 5) is 14.3. The summed E-state index contributed by atoms with van der Waals surface area (Å²) in [6.45, 7) is 1.75. The first-order valence-corrected chi connectivity index (χ1v) is 10.5. The van der Waals surface area contributed by atoms with E-state index in [1.165, 1.54) is 16.4 Å². The van der Waals surface area contributed by atoms with E-state index >= 15 is 0 Å². The summed E-state index contributed by atoms with van der Waals surface area (Å²) in [5.41, 5.74) is 2.24. The van der Waals surface area contributed by atoms with Gasteiger partial charge in [-0.3, -0.25) is 9.10 Å². The molecule has 0 fully saturated rings. The third-order valence-electron chi connectivity index (χ3n) is 4.62. The molecule has 0 radical (unpaired) electrons. The number of carbonyl (C=O) groups is 1. The van der Waals surface area contributed by atoms with E-state index in [2.05, 4.69) is 5.32 Å². The Kier molecular flexibility index (Phi) is 5.82. The fourth-order valence-electron chi connectivity index (χ4n) is 3.15. The van der Waals surface area contributed by atoms with E-state index in [4.69, 9.17) is 0 Å². The van der Waals surface area contributed by atoms with Gasteiger partial charge in [0.05, 0.1) is 10.6 Å². The molecule has 1 aliphatic rings. The van der Waals surface area contributed by atoms with Crippen LogP contribution in [-0.2, 0) is 16.4 Å². The number of fused-ring (bicyclic) bond motifs is 1. The van der Waals surface area contributed by atoms with Gasteiger partial charge in [0.1, 0.15) is 0 Å². The summed E-state index contributed by atoms with van der Waals surface area (Å²) in [7, 11) is 0.219. The van der Waals surface area contributed by atoms with Crippen LogP contribution in [0.3, 0.4) is 0 Å². The van der Waals surface area contributed by atoms with Gasteiger partial charge in [0.15, 0.2) is 0 Å². The van der Waals surface area contributed by atoms with Crippen molar-refractivity contribution in [3.8, 4) is 0 Å². The monoisotopic (exact) mass is 387 g/mol. The molecule has 0 atom stereocenters. The number of para-hydroxylation sites is 1. The van der Waals surface area contributed by atoms with Gasteiger partial charge < -0.3 is 10.2 Å². The van der Waals surface area contributed by atoms with Crippen molar-refractivity contribution in [2.24, 2.45) is 0 Å². The summed E-state index contributed by atoms with van der Waals surface area (Å²) < 4.78 is 27.7. The zero-order chi connectivity index (χ0) is 19.4. The maximum atomic E-state index is 13.1. The van der Waals surface area contributed by atoms with E-state index in [-0.39, 0.29) is 10.8 Å². The second kappa shape index (κ2) is 8.10. The third kappa shape index (κ3) is 4.31. The highest BCUT2D eigenvalue weighted by molar-refractivity contribution is 7.92. The molecule has 1 amide bonds. The van der Waals surface area contributed by atoms with Crippen LogP contribution >= 0.6 is 0 Å². The predicted octanol–water partition coefficient (Wildman–Crippen LogP) is 2.12. The number of nitrogens with one attached hydrogen (secondary N) is 1. The topological polar surface area (TPSA) is 69.7 Å². The number of rotatable bonds is 6. The Labute approximate surface area is 160 Å². The Morgan fingerprint density at radius 2 is 1.81 bits per heavy atom. The van der Waals surface area contributed by atoms with Crippen molar-refractivity contribution in [2.45, 2.75) is 17.7 Å². The molecule has 6 nitrogen and oxygen atoms in total. The number of benzene rings is 2. The van der Waals surface area contributed by atoms with Gasteiger partial charge >= 0.3 is 0 Å². The minimum Gasteiger partial charge on any atom is -0.351 e. The summed E-state index contributed by atoms with van der Waals surface area (Å²) in [6, 6.07) is 13.7. The third-order valence-corrected chi connectivity index (χ3v) is 6.44. The van der Waals surface area contributed by atoms with E-state index in [0.717, 1.165) is 30.6 Å². The molecule has 0 saturated carbocycles. The van der Waals surface area contributed by atoms with Gasteiger partial charge in [0, 0.05) is 25.2 Å². The van der Waals surface area contributed by atoms with Gasteiger partial charge in [-0.2, -0.15) is 0 Å². The number of anilines is 1. The lowest BCUT2D eigenvalue weighted by molar-refractivity contribution is 0.0951. The molecule has 0 bridgehead atoms. The lowest BCUT2D eigenvalue weighted by Gasteiger charge is -2.30. The van der Waals surface area contributed by atoms with Crippen LogP contribution in [0.25, 0.3) is 0 Å². The smallest absolute Gasteiger partial charge is 0.264 e. The number of hydrogen-bond donors (Lipinski definition) is 1. The maximum absolute atomic E-state index is 13.1. The van der Waals surface area contributed by atoms with Crippen LogP contribution in [0.4, 0.5) is 5.69 Å². The number of likely N-dealkylation sites (N-methyl/N-ethyl adjacent to an activating group) is 1. The standard InChI is InChI=1S/C20H25N3O3S/c1-22(2)15-13-21-20(24)17-9-11-18(12-10-17)27(25,26)23-14-5-7-16-6-3-4-8-19(16)23/h3-4,6,8-12H,5,7,13-15H2,1-2H3,(H,21,24). The molecule has 0 aromatic heterocycles. The maximum Gasteiger partial charge on any atom is 0.264 e. The molecule has 0 spiro atoms. The van der Waals surface area contributed by atoms with Crippen molar-refractivity contribution in [1.82, 2.24) is 10.2 Å². The first kappa shape index (κ1) is 19.4. The average Bonchev–Trinajstić information content (AvgIpc) is 2.67. The number of aryl methyl sites for hydroxylation is 1. The quantitative estimate of drug-likeness (QED) is 0.824. The summed E-state index contributed by atoms with van der Waals surface area (Å²) >= 11 is 0. The van der Waals surface area contributed by atoms with Gasteiger partial charge in [-0.15, -0.1) is 0 Å². The van der Waals surface area contributed by atoms with Crippen LogP contribution in [0.15, 0.2) is 53.4 Å². The molecule has 3 rings (SSSR count). The highest BCUT2D eigenvalue weighted by atomic mass is 32.2. The first-order valence-electron chi connectivity index (χ1n) is 9.03. The molecule has 144 valence electrons. The minimum absolute atomic E-state index is 0.198. The Bertz CT molecular complexity index is 908. The zero-order valence-corrected chi connectivity index (χ0v) is 16.5. The van der Waals surface area contributed by atoms with E-state index in [0.29, 0.717) is 18.7 Å². The molecular formula is C20H25N3O3S. The highest BCUT2D eigenvalue weighted by Crippen LogP contribution is 2.31. The molecule has 0 saturated heterocycles. The van der Waals surface area contributed by atoms with E-state index in [1.807, 2.05) is 43.3 Å². The molecule has 0 aliphatic carbocycles. The molecule has 27 heavy (non-hydrogen) atoms. The Morgan fingerprint density at radius 3 is 2.52 bits per heavy atom. The van der Waals surface area contributed by atoms with Crippen LogP contribution in [-0.4, -0.2) is 53.0 Å². The fourth-order valence-corrected chi connectivity index (χ4v) is 4.69. The molecule has 1 N–H and O–H groups in total. The summed E-state index contributed by atoms with van der Waals surface area (Å²) in [6.07, 6.45) is 1.68. The van der Waals surface area contributed by atoms with Gasteiger partial charge in [0.25, 0.3) is 15.9 Å². The van der Waals surface area contributed by atoms with Crippen molar-refractivity contribution < 1.29 is 13.2 Å². The molecule has 0 unspecified atom stereocenters. The van der Waals surface area contributed by atoms with E-state index in [9.17, 15) is 13.2 Å². The van der Waals surface area contributed by atoms with Crippen molar-refractivity contribution in [2.75, 3.05) is 38.0 Å². The molecule has 1 aliphatic heterocycles. The normalized spacial score (nSPS) is 14.1. The molecule has 1 heterocycles. The van der Waals surface area contributed by atoms with Gasteiger partial charge in [0.2, 0.25) is 0 Å². The van der Waals surface area contributed by atoms with Crippen molar-refractivity contribution in [3.63, 3.8) is 0 Å². The number of carbonyl (C=O) groups excluding carboxylic acids is 1. The van der Waals surface area contributed by atoms with Crippen molar-refractivity contribution in [3.05, 3.63) is 59.7 Å². The van der Waals surface area contributed by atoms with Crippen LogP contribution in [0.2, 0.25) is 0 Å². The van der Waals surface area contributed by atoms with Gasteiger partial charge in [-0.25, -0.2) is 8.42 Å². The van der Waals surface area contributed by atoms with Crippen molar-refractivity contribution in [1.29, 1.82) is 0 Å². The highest BCUT2D eigenvalue weighted by Gasteiger charge is 2.28. The minimum atomic E-state index is -3.65. The van der Waals surface area contributed by atoms with Gasteiger partial charge in [-0.05, 0) is 62.8 Å². The molecule has 7 heteroatoms. The predicted molar refractivity (Wildman–Crippen MR) is 107 cm³/mol. The molecule has 2 aromatic carbocycles. The number of hydrogen-bond acceptors (Lipinski definition) is 4. The van der Waals surface area contributed by atoms with E-state index < -0.39 is 10.0 Å². The average molecular weight is 388 g/mol. The zero-order valence-electron chi connectivity index (χ0n) is 15.7. The first-order chi connectivity index (χ1) is 12.9. The van der Waals surface area contributed by atoms with E-state index in [1.54, 1.807) is 12.1 Å². The summed E-state index contributed by atoms with van der Waals surface area (Å²) in [5.74, 6) is -0.205. The second-order valence-electron chi connectivity index (χ2n) is 6.89. The lowest BCUT2D eigenvalue weighted by Crippen LogP contribution is -2.35. The number of sulfonamides is 1. The van der Waals surface area contributed by atoms with Crippen LogP contribution in [0, 0.1) is 0 Å². The fraction of sp³-hybridized carbons (Fsp3) is 0.350. The number of nitrogens with zero attached hydrogens (tertiary/aromatic N) is 2. The Hall–Kier alpha value is -2.38. The second-order valence-corrected chi connectivity index (χ2v) is 8.76. The Morgan fingerprint density at radius 1 is 1.11 bits per heavy atom. The van der Waals surface area contributed by atoms with Crippen LogP contribution < -0.4 is 9.62 Å².